The third kappa shape index (κ3) is 5.63. The molecule has 3 heterocycles. The maximum atomic E-state index is 13.2. The Bertz CT molecular complexity index is 1460. The summed E-state index contributed by atoms with van der Waals surface area (Å²) in [7, 11) is 0. The van der Waals surface area contributed by atoms with Crippen LogP contribution in [0.4, 0.5) is 5.69 Å². The lowest BCUT2D eigenvalue weighted by Crippen LogP contribution is -2.39. The number of Topliss-reactive ketones (excluding diaryl/α,β-unsaturated/α-hetero) is 1. The molecule has 2 aromatic rings. The van der Waals surface area contributed by atoms with Gasteiger partial charge in [0.25, 0.3) is 11.8 Å². The van der Waals surface area contributed by atoms with E-state index in [-0.39, 0.29) is 30.6 Å². The molecule has 4 aliphatic rings. The number of aliphatic hydroxyl groups excluding tert-OH is 1. The van der Waals surface area contributed by atoms with Gasteiger partial charge in [-0.3, -0.25) is 29.2 Å². The average Bonchev–Trinajstić information content (AvgIpc) is 3.49. The maximum absolute atomic E-state index is 13.2. The number of anilines is 1. The smallest absolute Gasteiger partial charge is 0.261 e. The Morgan fingerprint density at radius 1 is 1.05 bits per heavy atom. The third-order valence-corrected chi connectivity index (χ3v) is 8.13. The van der Waals surface area contributed by atoms with Crippen molar-refractivity contribution in [1.82, 2.24) is 9.80 Å². The summed E-state index contributed by atoms with van der Waals surface area (Å²) in [5.74, 6) is -0.638. The van der Waals surface area contributed by atoms with E-state index in [0.717, 1.165) is 25.2 Å². The lowest BCUT2D eigenvalue weighted by Gasteiger charge is -2.27. The van der Waals surface area contributed by atoms with Crippen LogP contribution in [0.1, 0.15) is 50.8 Å². The van der Waals surface area contributed by atoms with Crippen LogP contribution >= 0.6 is 11.6 Å². The normalized spacial score (nSPS) is 22.3. The fraction of sp³-hybridized carbons (Fsp3) is 0.355. The first kappa shape index (κ1) is 27.5. The van der Waals surface area contributed by atoms with Crippen molar-refractivity contribution in [3.63, 3.8) is 0 Å². The van der Waals surface area contributed by atoms with Crippen LogP contribution in [-0.2, 0) is 16.0 Å². The number of rotatable bonds is 7. The first-order chi connectivity index (χ1) is 19.9. The lowest BCUT2D eigenvalue weighted by atomic mass is 9.93. The van der Waals surface area contributed by atoms with Crippen LogP contribution in [0.5, 0.6) is 0 Å². The summed E-state index contributed by atoms with van der Waals surface area (Å²) < 4.78 is 5.38. The number of allylic oxidation sites excluding steroid dienone is 4. The maximum Gasteiger partial charge on any atom is 0.261 e. The number of ketones is 1. The largest absolute Gasteiger partial charge is 0.386 e. The number of imide groups is 1. The molecule has 0 aromatic heterocycles. The number of benzene rings is 2. The number of nitrogens with zero attached hydrogens (tertiary/aromatic N) is 3. The van der Waals surface area contributed by atoms with Crippen LogP contribution in [-0.4, -0.2) is 84.2 Å². The number of halogens is 1. The standard InChI is InChI=1S/C31H31ClN4O5/c32-21-5-1-4-19(14-21)28(38)18-33-24-6-2-7-27(37)29(24)26-16-20-15-22-23(17-25(20)34-26)31(40)36(30(22)39)9-3-8-35-10-12-41-13-11-35/h1-2,4-6,14-15,17,28,34,38H,3,7-13,16,18H2/t28-/m1/s1. The fourth-order valence-corrected chi connectivity index (χ4v) is 5.94. The molecule has 3 aliphatic heterocycles. The van der Waals surface area contributed by atoms with Crippen molar-refractivity contribution in [2.75, 3.05) is 51.3 Å². The molecule has 0 unspecified atom stereocenters. The summed E-state index contributed by atoms with van der Waals surface area (Å²) in [5.41, 5.74) is 4.62. The Morgan fingerprint density at radius 3 is 2.61 bits per heavy atom. The van der Waals surface area contributed by atoms with Crippen molar-refractivity contribution in [2.24, 2.45) is 4.99 Å². The zero-order valence-electron chi connectivity index (χ0n) is 22.6. The molecular formula is C31H31ClN4O5. The van der Waals surface area contributed by atoms with Gasteiger partial charge in [0.05, 0.1) is 48.3 Å². The fourth-order valence-electron chi connectivity index (χ4n) is 5.74. The summed E-state index contributed by atoms with van der Waals surface area (Å²) in [6.07, 6.45) is 4.05. The average molecular weight is 575 g/mol. The number of carbonyl (C=O) groups excluding carboxylic acids is 3. The van der Waals surface area contributed by atoms with Gasteiger partial charge in [-0.25, -0.2) is 0 Å². The number of amides is 2. The minimum Gasteiger partial charge on any atom is -0.386 e. The van der Waals surface area contributed by atoms with E-state index >= 15 is 0 Å². The van der Waals surface area contributed by atoms with Gasteiger partial charge in [-0.1, -0.05) is 29.8 Å². The minimum atomic E-state index is -0.872. The first-order valence-electron chi connectivity index (χ1n) is 13.9. The van der Waals surface area contributed by atoms with Crippen LogP contribution < -0.4 is 5.32 Å². The molecule has 2 aromatic carbocycles. The molecule has 1 saturated heterocycles. The molecule has 1 fully saturated rings. The SMILES string of the molecule is O=C1CC=CC(=NC[C@@H](O)c2cccc(Cl)c2)C1=C1Cc2cc3c(cc2N1)C(=O)N(CCCN1CCOCC1)C3=O. The van der Waals surface area contributed by atoms with Crippen molar-refractivity contribution in [3.8, 4) is 0 Å². The molecule has 1 atom stereocenters. The molecular weight excluding hydrogens is 544 g/mol. The topological polar surface area (TPSA) is 112 Å². The zero-order chi connectivity index (χ0) is 28.5. The molecule has 1 aliphatic carbocycles. The Hall–Kier alpha value is -3.63. The van der Waals surface area contributed by atoms with E-state index in [1.165, 1.54) is 4.90 Å². The quantitative estimate of drug-likeness (QED) is 0.384. The van der Waals surface area contributed by atoms with Gasteiger partial charge in [0.2, 0.25) is 0 Å². The number of carbonyl (C=O) groups is 3. The zero-order valence-corrected chi connectivity index (χ0v) is 23.3. The molecule has 6 rings (SSSR count). The van der Waals surface area contributed by atoms with Crippen molar-refractivity contribution >= 4 is 40.6 Å². The van der Waals surface area contributed by atoms with E-state index in [4.69, 9.17) is 16.3 Å². The second kappa shape index (κ2) is 11.7. The number of ether oxygens (including phenoxy) is 1. The number of hydrogen-bond donors (Lipinski definition) is 2. The predicted octanol–water partition coefficient (Wildman–Crippen LogP) is 3.58. The second-order valence-corrected chi connectivity index (χ2v) is 11.0. The van der Waals surface area contributed by atoms with Crippen LogP contribution in [0.15, 0.2) is 64.8 Å². The highest BCUT2D eigenvalue weighted by Crippen LogP contribution is 2.36. The van der Waals surface area contributed by atoms with Crippen molar-refractivity contribution < 1.29 is 24.2 Å². The third-order valence-electron chi connectivity index (χ3n) is 7.89. The van der Waals surface area contributed by atoms with Crippen molar-refractivity contribution in [3.05, 3.63) is 87.1 Å². The summed E-state index contributed by atoms with van der Waals surface area (Å²) in [6, 6.07) is 10.5. The van der Waals surface area contributed by atoms with Gasteiger partial charge in [0.15, 0.2) is 5.78 Å². The molecule has 41 heavy (non-hydrogen) atoms. The van der Waals surface area contributed by atoms with Gasteiger partial charge in [0.1, 0.15) is 0 Å². The molecule has 2 amide bonds. The Labute approximate surface area is 243 Å². The van der Waals surface area contributed by atoms with Gasteiger partial charge in [-0.05, 0) is 47.9 Å². The summed E-state index contributed by atoms with van der Waals surface area (Å²) in [4.78, 5) is 47.6. The Morgan fingerprint density at radius 2 is 1.83 bits per heavy atom. The van der Waals surface area contributed by atoms with Crippen molar-refractivity contribution in [1.29, 1.82) is 0 Å². The minimum absolute atomic E-state index is 0.0652. The number of fused-ring (bicyclic) bond motifs is 2. The van der Waals surface area contributed by atoms with Gasteiger partial charge in [-0.15, -0.1) is 0 Å². The molecule has 212 valence electrons. The van der Waals surface area contributed by atoms with Gasteiger partial charge in [-0.2, -0.15) is 0 Å². The molecule has 0 saturated carbocycles. The van der Waals surface area contributed by atoms with Crippen LogP contribution in [0.25, 0.3) is 0 Å². The molecule has 0 spiro atoms. The number of aliphatic hydroxyl groups is 1. The van der Waals surface area contributed by atoms with E-state index in [1.807, 2.05) is 0 Å². The Balaban J connectivity index is 1.18. The molecule has 9 nitrogen and oxygen atoms in total. The number of morpholine rings is 1. The first-order valence-corrected chi connectivity index (χ1v) is 14.3. The van der Waals surface area contributed by atoms with Gasteiger partial charge < -0.3 is 15.2 Å². The van der Waals surface area contributed by atoms with E-state index in [2.05, 4.69) is 15.2 Å². The summed E-state index contributed by atoms with van der Waals surface area (Å²) in [6.45, 7) is 4.41. The van der Waals surface area contributed by atoms with E-state index in [1.54, 1.807) is 48.6 Å². The highest BCUT2D eigenvalue weighted by molar-refractivity contribution is 6.30. The number of aliphatic imine (C=N–C) groups is 1. The molecule has 0 radical (unpaired) electrons. The van der Waals surface area contributed by atoms with E-state index < -0.39 is 6.10 Å². The highest BCUT2D eigenvalue weighted by Gasteiger charge is 2.37. The monoisotopic (exact) mass is 574 g/mol. The second-order valence-electron chi connectivity index (χ2n) is 10.6. The van der Waals surface area contributed by atoms with Gasteiger partial charge >= 0.3 is 0 Å². The summed E-state index contributed by atoms with van der Waals surface area (Å²) >= 11 is 6.06. The summed E-state index contributed by atoms with van der Waals surface area (Å²) in [5, 5.41) is 14.5. The van der Waals surface area contributed by atoms with E-state index in [9.17, 15) is 19.5 Å². The highest BCUT2D eigenvalue weighted by atomic mass is 35.5. The van der Waals surface area contributed by atoms with Crippen LogP contribution in [0.2, 0.25) is 5.02 Å². The van der Waals surface area contributed by atoms with Crippen LogP contribution in [0, 0.1) is 0 Å². The number of nitrogens with one attached hydrogen (secondary N) is 1. The van der Waals surface area contributed by atoms with Crippen molar-refractivity contribution in [2.45, 2.75) is 25.4 Å². The molecule has 10 heteroatoms. The lowest BCUT2D eigenvalue weighted by molar-refractivity contribution is -0.114. The molecule has 2 N–H and O–H groups in total. The predicted molar refractivity (Wildman–Crippen MR) is 156 cm³/mol. The van der Waals surface area contributed by atoms with Gasteiger partial charge in [0, 0.05) is 55.4 Å². The number of hydrogen-bond acceptors (Lipinski definition) is 8. The van der Waals surface area contributed by atoms with E-state index in [0.29, 0.717) is 77.0 Å². The molecule has 0 bridgehead atoms. The Kier molecular flexibility index (Phi) is 7.86. The van der Waals surface area contributed by atoms with Crippen LogP contribution in [0.3, 0.4) is 0 Å².